The van der Waals surface area contributed by atoms with E-state index in [4.69, 9.17) is 0 Å². The van der Waals surface area contributed by atoms with E-state index in [1.807, 2.05) is 0 Å². The lowest BCUT2D eigenvalue weighted by atomic mass is 9.81. The van der Waals surface area contributed by atoms with Crippen molar-refractivity contribution >= 4 is 21.5 Å². The van der Waals surface area contributed by atoms with Crippen LogP contribution >= 0.6 is 0 Å². The molecule has 1 aliphatic rings. The number of hydrogen-bond acceptors (Lipinski definition) is 0. The molecule has 0 saturated carbocycles. The van der Waals surface area contributed by atoms with Crippen LogP contribution < -0.4 is 0 Å². The van der Waals surface area contributed by atoms with Crippen molar-refractivity contribution in [3.05, 3.63) is 120 Å². The Balaban J connectivity index is 1.79. The maximum absolute atomic E-state index is 2.41. The lowest BCUT2D eigenvalue weighted by Crippen LogP contribution is -1.95. The topological polar surface area (TPSA) is 0 Å². The zero-order valence-electron chi connectivity index (χ0n) is 19.4. The van der Waals surface area contributed by atoms with Crippen LogP contribution in [0.1, 0.15) is 11.1 Å². The van der Waals surface area contributed by atoms with Gasteiger partial charge in [-0.25, -0.2) is 0 Å². The minimum Gasteiger partial charge on any atom is -0.0622 e. The molecule has 0 nitrogen and oxygen atoms in total. The molecule has 0 heterocycles. The summed E-state index contributed by atoms with van der Waals surface area (Å²) < 4.78 is 0. The third-order valence-electron chi connectivity index (χ3n) is 7.49. The molecule has 0 radical (unpaired) electrons. The summed E-state index contributed by atoms with van der Waals surface area (Å²) in [5.74, 6) is 0. The fraction of sp³-hybridized carbons (Fsp3) is 0.0588. The molecule has 0 N–H and O–H groups in total. The van der Waals surface area contributed by atoms with Gasteiger partial charge in [0.15, 0.2) is 0 Å². The summed E-state index contributed by atoms with van der Waals surface area (Å²) in [6, 6.07) is 40.2. The molecule has 0 aromatic heterocycles. The Morgan fingerprint density at radius 2 is 0.853 bits per heavy atom. The molecule has 0 atom stereocenters. The van der Waals surface area contributed by atoms with Gasteiger partial charge in [0.25, 0.3) is 0 Å². The van der Waals surface area contributed by atoms with Gasteiger partial charge in [0.05, 0.1) is 0 Å². The van der Waals surface area contributed by atoms with Gasteiger partial charge in [-0.2, -0.15) is 0 Å². The quantitative estimate of drug-likeness (QED) is 0.255. The molecule has 7 rings (SSSR count). The Hall–Kier alpha value is -4.16. The van der Waals surface area contributed by atoms with Gasteiger partial charge >= 0.3 is 0 Å². The summed E-state index contributed by atoms with van der Waals surface area (Å²) in [6.07, 6.45) is 0. The first kappa shape index (κ1) is 19.3. The summed E-state index contributed by atoms with van der Waals surface area (Å²) in [5.41, 5.74) is 13.3. The molecule has 160 valence electrons. The van der Waals surface area contributed by atoms with Gasteiger partial charge in [0.1, 0.15) is 0 Å². The number of aryl methyl sites for hydroxylation is 2. The zero-order valence-corrected chi connectivity index (χ0v) is 19.4. The predicted molar refractivity (Wildman–Crippen MR) is 146 cm³/mol. The Labute approximate surface area is 200 Å². The van der Waals surface area contributed by atoms with E-state index in [0.717, 1.165) is 0 Å². The van der Waals surface area contributed by atoms with Gasteiger partial charge in [-0.1, -0.05) is 109 Å². The van der Waals surface area contributed by atoms with Crippen LogP contribution in [0.3, 0.4) is 0 Å². The van der Waals surface area contributed by atoms with Crippen molar-refractivity contribution in [2.45, 2.75) is 13.8 Å². The molecule has 1 aliphatic carbocycles. The third-order valence-corrected chi connectivity index (χ3v) is 7.49. The molecule has 0 bridgehead atoms. The van der Waals surface area contributed by atoms with Crippen LogP contribution in [0.4, 0.5) is 0 Å². The highest BCUT2D eigenvalue weighted by Crippen LogP contribution is 2.57. The van der Waals surface area contributed by atoms with E-state index in [0.29, 0.717) is 0 Å². The first-order chi connectivity index (χ1) is 16.7. The SMILES string of the molecule is Cc1cc2c(-c3ccccc3)c3c(c(-c4ccccc4)c2cc1C)-c1cccc2cccc-3c12. The molecule has 0 fully saturated rings. The third kappa shape index (κ3) is 2.60. The van der Waals surface area contributed by atoms with Crippen LogP contribution in [0.5, 0.6) is 0 Å². The maximum atomic E-state index is 2.41. The summed E-state index contributed by atoms with van der Waals surface area (Å²) in [5, 5.41) is 5.34. The highest BCUT2D eigenvalue weighted by Gasteiger charge is 2.30. The number of fused-ring (bicyclic) bond motifs is 4. The van der Waals surface area contributed by atoms with E-state index in [1.54, 1.807) is 0 Å². The second kappa shape index (κ2) is 7.17. The fourth-order valence-corrected chi connectivity index (χ4v) is 5.85. The molecule has 0 spiro atoms. The van der Waals surface area contributed by atoms with Crippen LogP contribution in [-0.2, 0) is 0 Å². The van der Waals surface area contributed by atoms with Crippen LogP contribution in [0.25, 0.3) is 66.1 Å². The average molecular weight is 433 g/mol. The summed E-state index contributed by atoms with van der Waals surface area (Å²) in [4.78, 5) is 0. The van der Waals surface area contributed by atoms with E-state index in [-0.39, 0.29) is 0 Å². The monoisotopic (exact) mass is 432 g/mol. The molecule has 0 unspecified atom stereocenters. The Morgan fingerprint density at radius 3 is 1.29 bits per heavy atom. The van der Waals surface area contributed by atoms with Crippen LogP contribution in [-0.4, -0.2) is 0 Å². The number of hydrogen-bond donors (Lipinski definition) is 0. The average Bonchev–Trinajstić information content (AvgIpc) is 3.20. The number of benzene rings is 6. The molecule has 6 aromatic carbocycles. The van der Waals surface area contributed by atoms with Crippen molar-refractivity contribution in [1.82, 2.24) is 0 Å². The molecular weight excluding hydrogens is 408 g/mol. The summed E-state index contributed by atoms with van der Waals surface area (Å²) >= 11 is 0. The van der Waals surface area contributed by atoms with Crippen molar-refractivity contribution in [3.8, 4) is 44.5 Å². The van der Waals surface area contributed by atoms with Crippen molar-refractivity contribution < 1.29 is 0 Å². The molecule has 0 aliphatic heterocycles. The zero-order chi connectivity index (χ0) is 22.8. The van der Waals surface area contributed by atoms with Crippen molar-refractivity contribution in [1.29, 1.82) is 0 Å². The molecule has 0 saturated heterocycles. The maximum Gasteiger partial charge on any atom is -0.000741 e. The molecule has 0 amide bonds. The van der Waals surface area contributed by atoms with Crippen LogP contribution in [0.2, 0.25) is 0 Å². The van der Waals surface area contributed by atoms with Crippen molar-refractivity contribution in [3.63, 3.8) is 0 Å². The van der Waals surface area contributed by atoms with E-state index in [2.05, 4.69) is 123 Å². The summed E-state index contributed by atoms with van der Waals surface area (Å²) in [6.45, 7) is 4.46. The first-order valence-electron chi connectivity index (χ1n) is 12.0. The fourth-order valence-electron chi connectivity index (χ4n) is 5.85. The van der Waals surface area contributed by atoms with Gasteiger partial charge in [0, 0.05) is 0 Å². The van der Waals surface area contributed by atoms with Gasteiger partial charge in [-0.15, -0.1) is 0 Å². The molecule has 0 heteroatoms. The lowest BCUT2D eigenvalue weighted by Gasteiger charge is -2.21. The first-order valence-corrected chi connectivity index (χ1v) is 12.0. The second-order valence-electron chi connectivity index (χ2n) is 9.42. The van der Waals surface area contributed by atoms with Crippen LogP contribution in [0, 0.1) is 13.8 Å². The number of rotatable bonds is 2. The second-order valence-corrected chi connectivity index (χ2v) is 9.42. The van der Waals surface area contributed by atoms with Crippen molar-refractivity contribution in [2.75, 3.05) is 0 Å². The molecule has 34 heavy (non-hydrogen) atoms. The minimum atomic E-state index is 1.27. The molecule has 6 aromatic rings. The Kier molecular flexibility index (Phi) is 4.07. The Bertz CT molecular complexity index is 1610. The lowest BCUT2D eigenvalue weighted by molar-refractivity contribution is 1.37. The Morgan fingerprint density at radius 1 is 0.412 bits per heavy atom. The summed E-state index contributed by atoms with van der Waals surface area (Å²) in [7, 11) is 0. The standard InChI is InChI=1S/C34H24/c1-21-19-28-29(20-22(21)2)32(25-13-7-4-8-14-25)34-27-18-10-16-23-15-9-17-26(30(23)27)33(34)31(28)24-11-5-3-6-12-24/h3-20H,1-2H3. The van der Waals surface area contributed by atoms with E-state index in [9.17, 15) is 0 Å². The predicted octanol–water partition coefficient (Wildman–Crippen LogP) is 9.59. The van der Waals surface area contributed by atoms with Gasteiger partial charge in [-0.05, 0) is 91.0 Å². The van der Waals surface area contributed by atoms with Gasteiger partial charge in [0.2, 0.25) is 0 Å². The van der Waals surface area contributed by atoms with Crippen LogP contribution in [0.15, 0.2) is 109 Å². The van der Waals surface area contributed by atoms with Gasteiger partial charge < -0.3 is 0 Å². The minimum absolute atomic E-state index is 1.27. The van der Waals surface area contributed by atoms with E-state index < -0.39 is 0 Å². The molecular formula is C34H24. The normalized spacial score (nSPS) is 11.8. The van der Waals surface area contributed by atoms with E-state index in [1.165, 1.54) is 77.2 Å². The smallest absolute Gasteiger partial charge is 0.000741 e. The highest BCUT2D eigenvalue weighted by molar-refractivity contribution is 6.27. The van der Waals surface area contributed by atoms with Crippen molar-refractivity contribution in [2.24, 2.45) is 0 Å². The van der Waals surface area contributed by atoms with Gasteiger partial charge in [-0.3, -0.25) is 0 Å². The van der Waals surface area contributed by atoms with E-state index >= 15 is 0 Å². The highest BCUT2D eigenvalue weighted by atomic mass is 14.3. The largest absolute Gasteiger partial charge is 0.0622 e.